The molecule has 0 aliphatic heterocycles. The van der Waals surface area contributed by atoms with Gasteiger partial charge < -0.3 is 9.72 Å². The normalized spacial score (nSPS) is 11.2. The Morgan fingerprint density at radius 2 is 1.56 bits per heavy atom. The quantitative estimate of drug-likeness (QED) is 0.487. The summed E-state index contributed by atoms with van der Waals surface area (Å²) in [5, 5.41) is 1.12. The summed E-state index contributed by atoms with van der Waals surface area (Å²) in [6.07, 6.45) is 1.89. The number of fused-ring (bicyclic) bond motifs is 1. The highest BCUT2D eigenvalue weighted by Crippen LogP contribution is 2.37. The van der Waals surface area contributed by atoms with Gasteiger partial charge in [0.15, 0.2) is 0 Å². The van der Waals surface area contributed by atoms with Gasteiger partial charge in [0.2, 0.25) is 0 Å². The second-order valence-corrected chi connectivity index (χ2v) is 5.79. The molecule has 0 amide bonds. The van der Waals surface area contributed by atoms with Crippen molar-refractivity contribution in [2.24, 2.45) is 4.99 Å². The highest BCUT2D eigenvalue weighted by atomic mass is 16.5. The molecule has 122 valence electrons. The minimum atomic E-state index is 0.842. The Hall–Kier alpha value is -3.33. The predicted molar refractivity (Wildman–Crippen MR) is 104 cm³/mol. The summed E-state index contributed by atoms with van der Waals surface area (Å²) in [7, 11) is 1.67. The monoisotopic (exact) mass is 326 g/mol. The molecule has 0 aliphatic rings. The van der Waals surface area contributed by atoms with Gasteiger partial charge in [-0.2, -0.15) is 0 Å². The molecule has 0 atom stereocenters. The molecular weight excluding hydrogens is 308 g/mol. The van der Waals surface area contributed by atoms with Crippen molar-refractivity contribution in [2.75, 3.05) is 7.11 Å². The van der Waals surface area contributed by atoms with Gasteiger partial charge in [0.1, 0.15) is 5.75 Å². The van der Waals surface area contributed by atoms with Crippen LogP contribution in [-0.4, -0.2) is 18.3 Å². The zero-order valence-electron chi connectivity index (χ0n) is 13.9. The number of methoxy groups -OCH3 is 1. The van der Waals surface area contributed by atoms with Crippen molar-refractivity contribution >= 4 is 22.8 Å². The summed E-state index contributed by atoms with van der Waals surface area (Å²) < 4.78 is 5.20. The van der Waals surface area contributed by atoms with Crippen molar-refractivity contribution in [3.05, 3.63) is 84.4 Å². The van der Waals surface area contributed by atoms with Crippen LogP contribution in [0.5, 0.6) is 5.75 Å². The third-order valence-electron chi connectivity index (χ3n) is 4.20. The molecule has 0 saturated heterocycles. The average molecular weight is 326 g/mol. The van der Waals surface area contributed by atoms with Crippen LogP contribution in [0, 0.1) is 0 Å². The van der Waals surface area contributed by atoms with E-state index in [0.717, 1.165) is 39.2 Å². The Bertz CT molecular complexity index is 1020. The summed E-state index contributed by atoms with van der Waals surface area (Å²) in [6, 6.07) is 26.4. The van der Waals surface area contributed by atoms with E-state index in [2.05, 4.69) is 29.2 Å². The molecule has 1 heterocycles. The molecule has 0 bridgehead atoms. The van der Waals surface area contributed by atoms with E-state index in [1.54, 1.807) is 7.11 Å². The van der Waals surface area contributed by atoms with Crippen LogP contribution in [0.1, 0.15) is 5.56 Å². The van der Waals surface area contributed by atoms with E-state index in [1.165, 1.54) is 0 Å². The molecule has 3 aromatic carbocycles. The minimum Gasteiger partial charge on any atom is -0.497 e. The molecule has 3 nitrogen and oxygen atoms in total. The van der Waals surface area contributed by atoms with Gasteiger partial charge in [-0.3, -0.25) is 4.99 Å². The van der Waals surface area contributed by atoms with Crippen LogP contribution in [0.4, 0.5) is 5.69 Å². The maximum absolute atomic E-state index is 5.20. The fraction of sp³-hybridized carbons (Fsp3) is 0.0455. The van der Waals surface area contributed by atoms with Crippen LogP contribution in [0.3, 0.4) is 0 Å². The maximum atomic E-state index is 5.20. The number of aromatic amines is 1. The summed E-state index contributed by atoms with van der Waals surface area (Å²) in [4.78, 5) is 8.30. The van der Waals surface area contributed by atoms with Gasteiger partial charge >= 0.3 is 0 Å². The number of H-pyrrole nitrogens is 1. The molecule has 1 N–H and O–H groups in total. The molecule has 0 spiro atoms. The van der Waals surface area contributed by atoms with E-state index >= 15 is 0 Å². The van der Waals surface area contributed by atoms with Gasteiger partial charge in [0, 0.05) is 22.7 Å². The fourth-order valence-electron chi connectivity index (χ4n) is 2.90. The number of hydrogen-bond donors (Lipinski definition) is 1. The first kappa shape index (κ1) is 15.2. The molecule has 0 saturated carbocycles. The molecule has 25 heavy (non-hydrogen) atoms. The van der Waals surface area contributed by atoms with Gasteiger partial charge in [-0.25, -0.2) is 0 Å². The Balaban J connectivity index is 1.80. The molecule has 1 aromatic heterocycles. The summed E-state index contributed by atoms with van der Waals surface area (Å²) >= 11 is 0. The van der Waals surface area contributed by atoms with Gasteiger partial charge in [-0.05, 0) is 35.9 Å². The van der Waals surface area contributed by atoms with Crippen LogP contribution >= 0.6 is 0 Å². The van der Waals surface area contributed by atoms with E-state index in [0.29, 0.717) is 0 Å². The largest absolute Gasteiger partial charge is 0.497 e. The van der Waals surface area contributed by atoms with Gasteiger partial charge in [0.05, 0.1) is 18.5 Å². The van der Waals surface area contributed by atoms with Crippen molar-refractivity contribution in [3.63, 3.8) is 0 Å². The standard InChI is InChI=1S/C22H18N2O/c1-25-18-13-11-16(12-14-18)15-23-22-19-9-5-6-10-20(19)24-21(22)17-7-3-2-4-8-17/h2-15,24H,1H3. The highest BCUT2D eigenvalue weighted by molar-refractivity contribution is 6.01. The van der Waals surface area contributed by atoms with Crippen molar-refractivity contribution in [1.29, 1.82) is 0 Å². The molecule has 4 aromatic rings. The van der Waals surface area contributed by atoms with E-state index in [-0.39, 0.29) is 0 Å². The second kappa shape index (κ2) is 6.65. The third-order valence-corrected chi connectivity index (χ3v) is 4.20. The lowest BCUT2D eigenvalue weighted by Gasteiger charge is -2.01. The van der Waals surface area contributed by atoms with Gasteiger partial charge in [0.25, 0.3) is 0 Å². The van der Waals surface area contributed by atoms with E-state index in [9.17, 15) is 0 Å². The van der Waals surface area contributed by atoms with E-state index in [1.807, 2.05) is 60.8 Å². The van der Waals surface area contributed by atoms with Crippen molar-refractivity contribution in [1.82, 2.24) is 4.98 Å². The zero-order chi connectivity index (χ0) is 17.1. The Labute approximate surface area is 146 Å². The maximum Gasteiger partial charge on any atom is 0.118 e. The zero-order valence-corrected chi connectivity index (χ0v) is 13.9. The lowest BCUT2D eigenvalue weighted by atomic mass is 10.1. The summed E-state index contributed by atoms with van der Waals surface area (Å²) in [5.74, 6) is 0.842. The topological polar surface area (TPSA) is 37.4 Å². The molecule has 0 unspecified atom stereocenters. The number of rotatable bonds is 4. The molecule has 0 aliphatic carbocycles. The summed E-state index contributed by atoms with van der Waals surface area (Å²) in [5.41, 5.74) is 5.23. The molecule has 0 radical (unpaired) electrons. The van der Waals surface area contributed by atoms with Gasteiger partial charge in [-0.1, -0.05) is 48.5 Å². The van der Waals surface area contributed by atoms with Crippen LogP contribution in [-0.2, 0) is 0 Å². The van der Waals surface area contributed by atoms with E-state index in [4.69, 9.17) is 9.73 Å². The van der Waals surface area contributed by atoms with Crippen molar-refractivity contribution in [2.45, 2.75) is 0 Å². The highest BCUT2D eigenvalue weighted by Gasteiger charge is 2.11. The number of hydrogen-bond acceptors (Lipinski definition) is 2. The molecule has 4 rings (SSSR count). The van der Waals surface area contributed by atoms with Crippen LogP contribution in [0.15, 0.2) is 83.9 Å². The predicted octanol–water partition coefficient (Wildman–Crippen LogP) is 5.59. The lowest BCUT2D eigenvalue weighted by molar-refractivity contribution is 0.415. The Kier molecular flexibility index (Phi) is 4.05. The molecular formula is C22H18N2O. The number of nitrogens with one attached hydrogen (secondary N) is 1. The fourth-order valence-corrected chi connectivity index (χ4v) is 2.90. The van der Waals surface area contributed by atoms with Crippen LogP contribution in [0.25, 0.3) is 22.2 Å². The Morgan fingerprint density at radius 1 is 0.840 bits per heavy atom. The van der Waals surface area contributed by atoms with Crippen molar-refractivity contribution < 1.29 is 4.74 Å². The first-order chi connectivity index (χ1) is 12.3. The first-order valence-electron chi connectivity index (χ1n) is 8.19. The minimum absolute atomic E-state index is 0.842. The number of nitrogens with zero attached hydrogens (tertiary/aromatic N) is 1. The smallest absolute Gasteiger partial charge is 0.118 e. The van der Waals surface area contributed by atoms with Crippen molar-refractivity contribution in [3.8, 4) is 17.0 Å². The van der Waals surface area contributed by atoms with Crippen LogP contribution < -0.4 is 4.74 Å². The van der Waals surface area contributed by atoms with E-state index < -0.39 is 0 Å². The number of ether oxygens (including phenoxy) is 1. The second-order valence-electron chi connectivity index (χ2n) is 5.79. The number of benzene rings is 3. The summed E-state index contributed by atoms with van der Waals surface area (Å²) in [6.45, 7) is 0. The average Bonchev–Trinajstić information content (AvgIpc) is 3.06. The number of para-hydroxylation sites is 1. The Morgan fingerprint density at radius 3 is 2.32 bits per heavy atom. The first-order valence-corrected chi connectivity index (χ1v) is 8.19. The van der Waals surface area contributed by atoms with Gasteiger partial charge in [-0.15, -0.1) is 0 Å². The number of aliphatic imine (C=N–C) groups is 1. The van der Waals surface area contributed by atoms with Crippen LogP contribution in [0.2, 0.25) is 0 Å². The lowest BCUT2D eigenvalue weighted by Crippen LogP contribution is -1.84. The molecule has 0 fully saturated rings. The molecule has 3 heteroatoms. The number of aromatic nitrogens is 1. The third kappa shape index (κ3) is 3.04. The SMILES string of the molecule is COc1ccc(C=Nc2c(-c3ccccc3)[nH]c3ccccc23)cc1.